The van der Waals surface area contributed by atoms with Crippen LogP contribution in [0.1, 0.15) is 5.82 Å². The Kier molecular flexibility index (Phi) is 7.66. The van der Waals surface area contributed by atoms with Crippen LogP contribution >= 0.6 is 34.8 Å². The molecule has 3 aromatic heterocycles. The minimum absolute atomic E-state index is 0.0168. The number of nitrogens with zero attached hydrogens (tertiary/aromatic N) is 13. The van der Waals surface area contributed by atoms with Crippen molar-refractivity contribution in [3.05, 3.63) is 39.6 Å². The number of hydrogen-bond donors (Lipinski definition) is 1. The van der Waals surface area contributed by atoms with Crippen molar-refractivity contribution in [3.8, 4) is 5.75 Å². The molecule has 15 nitrogen and oxygen atoms in total. The summed E-state index contributed by atoms with van der Waals surface area (Å²) in [6.07, 6.45) is 1.56. The van der Waals surface area contributed by atoms with Crippen molar-refractivity contribution in [1.29, 1.82) is 0 Å². The molecular formula is C19H16Cl3N13O2. The molecule has 0 unspecified atom stereocenters. The van der Waals surface area contributed by atoms with Crippen LogP contribution in [0.5, 0.6) is 5.75 Å². The molecule has 1 N–H and O–H groups in total. The highest BCUT2D eigenvalue weighted by Gasteiger charge is 2.21. The van der Waals surface area contributed by atoms with Crippen molar-refractivity contribution in [2.24, 2.45) is 37.7 Å². The van der Waals surface area contributed by atoms with Gasteiger partial charge in [-0.1, -0.05) is 33.5 Å². The third-order valence-corrected chi connectivity index (χ3v) is 5.37. The quantitative estimate of drug-likeness (QED) is 0.143. The van der Waals surface area contributed by atoms with Gasteiger partial charge in [0, 0.05) is 27.2 Å². The lowest BCUT2D eigenvalue weighted by molar-refractivity contribution is 0.421. The van der Waals surface area contributed by atoms with E-state index >= 15 is 0 Å². The van der Waals surface area contributed by atoms with Crippen molar-refractivity contribution in [2.75, 3.05) is 19.0 Å². The van der Waals surface area contributed by atoms with E-state index in [-0.39, 0.29) is 50.1 Å². The Morgan fingerprint density at radius 1 is 0.973 bits per heavy atom. The highest BCUT2D eigenvalue weighted by molar-refractivity contribution is 6.43. The highest BCUT2D eigenvalue weighted by Crippen LogP contribution is 2.50. The van der Waals surface area contributed by atoms with Gasteiger partial charge in [-0.25, -0.2) is 9.67 Å². The van der Waals surface area contributed by atoms with Gasteiger partial charge in [0.1, 0.15) is 16.4 Å². The predicted molar refractivity (Wildman–Crippen MR) is 134 cm³/mol. The molecule has 0 saturated heterocycles. The van der Waals surface area contributed by atoms with Crippen LogP contribution in [0.4, 0.5) is 40.4 Å². The molecule has 0 fully saturated rings. The second-order valence-corrected chi connectivity index (χ2v) is 8.39. The molecule has 0 spiro atoms. The van der Waals surface area contributed by atoms with Gasteiger partial charge in [0.15, 0.2) is 34.1 Å². The summed E-state index contributed by atoms with van der Waals surface area (Å²) in [7, 11) is 5.14. The smallest absolute Gasteiger partial charge is 0.366 e. The Balaban J connectivity index is 1.88. The van der Waals surface area contributed by atoms with E-state index in [0.29, 0.717) is 17.3 Å². The zero-order chi connectivity index (χ0) is 26.7. The third-order valence-electron chi connectivity index (χ3n) is 4.48. The van der Waals surface area contributed by atoms with Crippen LogP contribution in [-0.2, 0) is 7.05 Å². The lowest BCUT2D eigenvalue weighted by atomic mass is 10.1. The molecule has 190 valence electrons. The summed E-state index contributed by atoms with van der Waals surface area (Å²) >= 11 is 17.9. The molecule has 0 bridgehead atoms. The van der Waals surface area contributed by atoms with E-state index < -0.39 is 0 Å². The summed E-state index contributed by atoms with van der Waals surface area (Å²) in [6, 6.07) is 2.97. The molecule has 1 aromatic carbocycles. The minimum Gasteiger partial charge on any atom is -0.504 e. The molecule has 4 aromatic rings. The van der Waals surface area contributed by atoms with Crippen LogP contribution in [0, 0.1) is 6.92 Å². The predicted octanol–water partition coefficient (Wildman–Crippen LogP) is 6.88. The molecule has 37 heavy (non-hydrogen) atoms. The Labute approximate surface area is 223 Å². The van der Waals surface area contributed by atoms with Gasteiger partial charge in [-0.15, -0.1) is 25.6 Å². The van der Waals surface area contributed by atoms with Crippen LogP contribution in [-0.4, -0.2) is 49.1 Å². The van der Waals surface area contributed by atoms with Gasteiger partial charge in [-0.3, -0.25) is 0 Å². The van der Waals surface area contributed by atoms with Crippen molar-refractivity contribution >= 4 is 75.2 Å². The fourth-order valence-electron chi connectivity index (χ4n) is 2.85. The molecule has 0 saturated carbocycles. The minimum atomic E-state index is -0.367. The van der Waals surface area contributed by atoms with E-state index in [2.05, 4.69) is 55.9 Å². The van der Waals surface area contributed by atoms with E-state index in [4.69, 9.17) is 39.3 Å². The second-order valence-electron chi connectivity index (χ2n) is 7.31. The van der Waals surface area contributed by atoms with Crippen LogP contribution in [0.15, 0.2) is 53.5 Å². The van der Waals surface area contributed by atoms with Gasteiger partial charge in [0.2, 0.25) is 5.28 Å². The van der Waals surface area contributed by atoms with E-state index in [0.717, 1.165) is 0 Å². The number of aryl methyl sites for hydroxylation is 2. The zero-order valence-electron chi connectivity index (χ0n) is 19.5. The largest absolute Gasteiger partial charge is 0.504 e. The van der Waals surface area contributed by atoms with Gasteiger partial charge in [0.25, 0.3) is 0 Å². The average Bonchev–Trinajstić information content (AvgIpc) is 3.46. The maximum Gasteiger partial charge on any atom is 0.366 e. The first-order valence-corrected chi connectivity index (χ1v) is 11.3. The summed E-state index contributed by atoms with van der Waals surface area (Å²) < 4.78 is 6.49. The maximum absolute atomic E-state index is 11.1. The first-order chi connectivity index (χ1) is 17.6. The highest BCUT2D eigenvalue weighted by atomic mass is 35.5. The SMILES string of the molecule is Cc1noc(N=Nc2cc(N=Nc3nc(Cl)nc(Cl)c3Cl)c(O)c(N=Nc3ccnn3C)c2N(C)C)n1. The fraction of sp³-hybridized carbons (Fsp3) is 0.211. The molecule has 18 heteroatoms. The van der Waals surface area contributed by atoms with Crippen molar-refractivity contribution in [3.63, 3.8) is 0 Å². The number of aromatic nitrogens is 6. The summed E-state index contributed by atoms with van der Waals surface area (Å²) in [5, 5.41) is 43.0. The van der Waals surface area contributed by atoms with Gasteiger partial charge >= 0.3 is 6.01 Å². The first kappa shape index (κ1) is 26.0. The van der Waals surface area contributed by atoms with Crippen LogP contribution < -0.4 is 4.90 Å². The average molecular weight is 565 g/mol. The van der Waals surface area contributed by atoms with E-state index in [9.17, 15) is 5.11 Å². The first-order valence-electron chi connectivity index (χ1n) is 10.1. The molecule has 0 aliphatic carbocycles. The summed E-state index contributed by atoms with van der Waals surface area (Å²) in [4.78, 5) is 13.3. The monoisotopic (exact) mass is 563 g/mol. The van der Waals surface area contributed by atoms with Crippen molar-refractivity contribution < 1.29 is 9.63 Å². The van der Waals surface area contributed by atoms with Gasteiger partial charge < -0.3 is 14.5 Å². The Morgan fingerprint density at radius 3 is 2.38 bits per heavy atom. The van der Waals surface area contributed by atoms with Crippen LogP contribution in [0.3, 0.4) is 0 Å². The Morgan fingerprint density at radius 2 is 1.73 bits per heavy atom. The van der Waals surface area contributed by atoms with Crippen LogP contribution in [0.2, 0.25) is 15.5 Å². The molecule has 0 radical (unpaired) electrons. The van der Waals surface area contributed by atoms with Crippen molar-refractivity contribution in [2.45, 2.75) is 6.92 Å². The Hall–Kier alpha value is -4.08. The number of halogens is 3. The van der Waals surface area contributed by atoms with Gasteiger partial charge in [-0.2, -0.15) is 15.1 Å². The molecule has 0 amide bonds. The topological polar surface area (TPSA) is 180 Å². The maximum atomic E-state index is 11.1. The zero-order valence-corrected chi connectivity index (χ0v) is 21.8. The number of anilines is 1. The van der Waals surface area contributed by atoms with Gasteiger partial charge in [0.05, 0.1) is 11.9 Å². The number of aromatic hydroxyl groups is 1. The van der Waals surface area contributed by atoms with Crippen molar-refractivity contribution in [1.82, 2.24) is 29.9 Å². The summed E-state index contributed by atoms with van der Waals surface area (Å²) in [6.45, 7) is 1.64. The number of azo groups is 3. The molecule has 3 heterocycles. The normalized spacial score (nSPS) is 12.0. The summed E-state index contributed by atoms with van der Waals surface area (Å²) in [5.74, 6) is 0.322. The number of phenolic OH excluding ortho intramolecular Hbond substituents is 1. The number of rotatable bonds is 7. The third kappa shape index (κ3) is 5.84. The van der Waals surface area contributed by atoms with E-state index in [1.54, 1.807) is 45.2 Å². The van der Waals surface area contributed by atoms with E-state index in [1.165, 1.54) is 10.7 Å². The molecule has 0 atom stereocenters. The van der Waals surface area contributed by atoms with Crippen LogP contribution in [0.25, 0.3) is 0 Å². The molecule has 0 aliphatic heterocycles. The second kappa shape index (κ2) is 10.9. The van der Waals surface area contributed by atoms with E-state index in [1.807, 2.05) is 0 Å². The number of phenols is 1. The molecule has 4 rings (SSSR count). The lowest BCUT2D eigenvalue weighted by Gasteiger charge is -2.18. The molecular weight excluding hydrogens is 549 g/mol. The molecule has 0 aliphatic rings. The lowest BCUT2D eigenvalue weighted by Crippen LogP contribution is -2.09. The van der Waals surface area contributed by atoms with Gasteiger partial charge in [-0.05, 0) is 24.6 Å². The number of benzene rings is 1. The Bertz CT molecular complexity index is 1540. The fourth-order valence-corrected chi connectivity index (χ4v) is 3.34. The summed E-state index contributed by atoms with van der Waals surface area (Å²) in [5.41, 5.74) is 0.523. The number of hydrogen-bond acceptors (Lipinski definition) is 14. The standard InChI is InChI=1S/C19H16Cl3N13O2/c1-8-24-19(37-33-8)32-27-9-7-10(28-31-17-12(20)16(21)25-18(22)26-17)15(36)13(14(9)34(2)3)30-29-11-5-6-23-35(11)4/h5-7,36H,1-4H3.